The lowest BCUT2D eigenvalue weighted by atomic mass is 10.0. The highest BCUT2D eigenvalue weighted by atomic mass is 16.5. The number of hydrogen-bond donors (Lipinski definition) is 1. The van der Waals surface area contributed by atoms with Gasteiger partial charge >= 0.3 is 0 Å². The molecule has 0 bridgehead atoms. The van der Waals surface area contributed by atoms with Gasteiger partial charge in [0, 0.05) is 31.7 Å². The zero-order chi connectivity index (χ0) is 13.0. The second-order valence-corrected chi connectivity index (χ2v) is 5.60. The number of benzene rings is 1. The van der Waals surface area contributed by atoms with E-state index in [4.69, 9.17) is 4.74 Å². The van der Waals surface area contributed by atoms with Crippen molar-refractivity contribution in [3.05, 3.63) is 29.8 Å². The number of nitrogens with one attached hydrogen (secondary N) is 1. The minimum atomic E-state index is 0.218. The molecule has 1 saturated heterocycles. The van der Waals surface area contributed by atoms with E-state index in [0.717, 1.165) is 38.5 Å². The number of ether oxygens (including phenoxy) is 1. The van der Waals surface area contributed by atoms with Crippen LogP contribution in [-0.4, -0.2) is 36.7 Å². The maximum absolute atomic E-state index is 5.55. The monoisotopic (exact) mass is 248 g/mol. The van der Waals surface area contributed by atoms with Crippen molar-refractivity contribution in [3.63, 3.8) is 0 Å². The first-order chi connectivity index (χ1) is 8.59. The van der Waals surface area contributed by atoms with Crippen molar-refractivity contribution in [3.8, 4) is 5.75 Å². The molecule has 1 N–H and O–H groups in total. The molecule has 18 heavy (non-hydrogen) atoms. The van der Waals surface area contributed by atoms with Crippen LogP contribution in [0.15, 0.2) is 24.3 Å². The standard InChI is InChI=1S/C15H24N2O/c1-4-18-14-7-5-6-13(10-14)11-17-9-8-16-15(2,3)12-17/h5-7,10,16H,4,8-9,11-12H2,1-3H3. The molecular formula is C15H24N2O. The summed E-state index contributed by atoms with van der Waals surface area (Å²) in [4.78, 5) is 2.50. The average Bonchev–Trinajstić information content (AvgIpc) is 2.28. The fourth-order valence-electron chi connectivity index (χ4n) is 2.54. The molecule has 1 aliphatic rings. The van der Waals surface area contributed by atoms with Crippen molar-refractivity contribution >= 4 is 0 Å². The van der Waals surface area contributed by atoms with E-state index in [0.29, 0.717) is 0 Å². The van der Waals surface area contributed by atoms with Gasteiger partial charge in [-0.1, -0.05) is 12.1 Å². The molecule has 100 valence electrons. The third-order valence-corrected chi connectivity index (χ3v) is 3.27. The first-order valence-corrected chi connectivity index (χ1v) is 6.78. The first-order valence-electron chi connectivity index (χ1n) is 6.78. The Kier molecular flexibility index (Phi) is 4.25. The molecule has 0 spiro atoms. The van der Waals surface area contributed by atoms with E-state index in [9.17, 15) is 0 Å². The SMILES string of the molecule is CCOc1cccc(CN2CCNC(C)(C)C2)c1. The fourth-order valence-corrected chi connectivity index (χ4v) is 2.54. The normalized spacial score (nSPS) is 19.7. The zero-order valence-electron chi connectivity index (χ0n) is 11.7. The topological polar surface area (TPSA) is 24.5 Å². The van der Waals surface area contributed by atoms with Crippen LogP contribution in [0.1, 0.15) is 26.3 Å². The van der Waals surface area contributed by atoms with E-state index >= 15 is 0 Å². The van der Waals surface area contributed by atoms with Crippen LogP contribution in [-0.2, 0) is 6.54 Å². The largest absolute Gasteiger partial charge is 0.494 e. The average molecular weight is 248 g/mol. The molecule has 1 heterocycles. The summed E-state index contributed by atoms with van der Waals surface area (Å²) in [6, 6.07) is 8.43. The lowest BCUT2D eigenvalue weighted by Gasteiger charge is -2.39. The summed E-state index contributed by atoms with van der Waals surface area (Å²) in [7, 11) is 0. The maximum Gasteiger partial charge on any atom is 0.119 e. The highest BCUT2D eigenvalue weighted by Crippen LogP contribution is 2.17. The number of piperazine rings is 1. The van der Waals surface area contributed by atoms with Crippen LogP contribution < -0.4 is 10.1 Å². The van der Waals surface area contributed by atoms with Gasteiger partial charge in [-0.25, -0.2) is 0 Å². The van der Waals surface area contributed by atoms with Gasteiger partial charge in [0.25, 0.3) is 0 Å². The minimum absolute atomic E-state index is 0.218. The molecule has 0 aromatic heterocycles. The summed E-state index contributed by atoms with van der Waals surface area (Å²) < 4.78 is 5.55. The smallest absolute Gasteiger partial charge is 0.119 e. The van der Waals surface area contributed by atoms with Crippen LogP contribution >= 0.6 is 0 Å². The van der Waals surface area contributed by atoms with Gasteiger partial charge in [0.1, 0.15) is 5.75 Å². The van der Waals surface area contributed by atoms with Gasteiger partial charge in [-0.15, -0.1) is 0 Å². The Hall–Kier alpha value is -1.06. The Morgan fingerprint density at radius 1 is 1.39 bits per heavy atom. The lowest BCUT2D eigenvalue weighted by Crippen LogP contribution is -2.56. The van der Waals surface area contributed by atoms with Crippen LogP contribution in [0.25, 0.3) is 0 Å². The van der Waals surface area contributed by atoms with Gasteiger partial charge in [-0.3, -0.25) is 4.90 Å². The number of nitrogens with zero attached hydrogens (tertiary/aromatic N) is 1. The molecule has 0 unspecified atom stereocenters. The molecule has 1 aromatic rings. The van der Waals surface area contributed by atoms with Crippen LogP contribution in [0, 0.1) is 0 Å². The van der Waals surface area contributed by atoms with E-state index in [-0.39, 0.29) is 5.54 Å². The molecule has 0 atom stereocenters. The zero-order valence-corrected chi connectivity index (χ0v) is 11.7. The Morgan fingerprint density at radius 3 is 2.94 bits per heavy atom. The van der Waals surface area contributed by atoms with Crippen molar-refractivity contribution in [2.45, 2.75) is 32.9 Å². The van der Waals surface area contributed by atoms with E-state index in [2.05, 4.69) is 42.3 Å². The highest BCUT2D eigenvalue weighted by molar-refractivity contribution is 5.28. The van der Waals surface area contributed by atoms with Crippen molar-refractivity contribution in [2.24, 2.45) is 0 Å². The van der Waals surface area contributed by atoms with Gasteiger partial charge in [-0.05, 0) is 38.5 Å². The van der Waals surface area contributed by atoms with Crippen molar-refractivity contribution < 1.29 is 4.74 Å². The van der Waals surface area contributed by atoms with Crippen LogP contribution in [0.4, 0.5) is 0 Å². The second kappa shape index (κ2) is 5.72. The molecule has 0 amide bonds. The number of hydrogen-bond acceptors (Lipinski definition) is 3. The van der Waals surface area contributed by atoms with Gasteiger partial charge < -0.3 is 10.1 Å². The highest BCUT2D eigenvalue weighted by Gasteiger charge is 2.25. The molecular weight excluding hydrogens is 224 g/mol. The second-order valence-electron chi connectivity index (χ2n) is 5.60. The quantitative estimate of drug-likeness (QED) is 0.884. The van der Waals surface area contributed by atoms with Gasteiger partial charge in [-0.2, -0.15) is 0 Å². The Bertz CT molecular complexity index is 390. The van der Waals surface area contributed by atoms with Crippen molar-refractivity contribution in [1.29, 1.82) is 0 Å². The van der Waals surface area contributed by atoms with Gasteiger partial charge in [0.05, 0.1) is 6.61 Å². The predicted molar refractivity (Wildman–Crippen MR) is 75.0 cm³/mol. The van der Waals surface area contributed by atoms with E-state index in [1.165, 1.54) is 5.56 Å². The predicted octanol–water partition coefficient (Wildman–Crippen LogP) is 2.27. The summed E-state index contributed by atoms with van der Waals surface area (Å²) >= 11 is 0. The lowest BCUT2D eigenvalue weighted by molar-refractivity contribution is 0.148. The summed E-state index contributed by atoms with van der Waals surface area (Å²) in [5.41, 5.74) is 1.55. The minimum Gasteiger partial charge on any atom is -0.494 e. The van der Waals surface area contributed by atoms with Crippen LogP contribution in [0.2, 0.25) is 0 Å². The van der Waals surface area contributed by atoms with Crippen molar-refractivity contribution in [2.75, 3.05) is 26.2 Å². The van der Waals surface area contributed by atoms with Crippen LogP contribution in [0.3, 0.4) is 0 Å². The first kappa shape index (κ1) is 13.4. The van der Waals surface area contributed by atoms with Crippen LogP contribution in [0.5, 0.6) is 5.75 Å². The summed E-state index contributed by atoms with van der Waals surface area (Å²) in [5.74, 6) is 0.976. The molecule has 2 rings (SSSR count). The fraction of sp³-hybridized carbons (Fsp3) is 0.600. The third kappa shape index (κ3) is 3.72. The Labute approximate surface area is 110 Å². The van der Waals surface area contributed by atoms with Gasteiger partial charge in [0.15, 0.2) is 0 Å². The molecule has 0 radical (unpaired) electrons. The number of rotatable bonds is 4. The van der Waals surface area contributed by atoms with E-state index < -0.39 is 0 Å². The van der Waals surface area contributed by atoms with E-state index in [1.54, 1.807) is 0 Å². The summed E-state index contributed by atoms with van der Waals surface area (Å²) in [5, 5.41) is 3.54. The van der Waals surface area contributed by atoms with Crippen molar-refractivity contribution in [1.82, 2.24) is 10.2 Å². The molecule has 1 aromatic carbocycles. The molecule has 0 aliphatic carbocycles. The van der Waals surface area contributed by atoms with E-state index in [1.807, 2.05) is 13.0 Å². The molecule has 1 fully saturated rings. The summed E-state index contributed by atoms with van der Waals surface area (Å²) in [6.45, 7) is 11.5. The van der Waals surface area contributed by atoms with Gasteiger partial charge in [0.2, 0.25) is 0 Å². The molecule has 3 nitrogen and oxygen atoms in total. The maximum atomic E-state index is 5.55. The molecule has 0 saturated carbocycles. The Balaban J connectivity index is 1.98. The molecule has 3 heteroatoms. The molecule has 1 aliphatic heterocycles. The third-order valence-electron chi connectivity index (χ3n) is 3.27. The Morgan fingerprint density at radius 2 is 2.22 bits per heavy atom. The summed E-state index contributed by atoms with van der Waals surface area (Å²) in [6.07, 6.45) is 0.